The normalized spacial score (nSPS) is 21.5. The minimum atomic E-state index is -0.242. The van der Waals surface area contributed by atoms with E-state index in [1.807, 2.05) is 0 Å². The van der Waals surface area contributed by atoms with E-state index in [4.69, 9.17) is 16.3 Å². The first-order chi connectivity index (χ1) is 7.27. The van der Waals surface area contributed by atoms with Crippen LogP contribution in [0.2, 0.25) is 5.15 Å². The van der Waals surface area contributed by atoms with Gasteiger partial charge in [-0.15, -0.1) is 0 Å². The SMILES string of the molecule is O=c1c(Cl)nccn1CC1CCCCO1. The number of hydrogen-bond donors (Lipinski definition) is 0. The number of halogens is 1. The van der Waals surface area contributed by atoms with Crippen LogP contribution >= 0.6 is 11.6 Å². The second-order valence-corrected chi connectivity index (χ2v) is 4.02. The maximum absolute atomic E-state index is 11.6. The van der Waals surface area contributed by atoms with Crippen molar-refractivity contribution >= 4 is 11.6 Å². The van der Waals surface area contributed by atoms with Crippen molar-refractivity contribution in [3.63, 3.8) is 0 Å². The van der Waals surface area contributed by atoms with Gasteiger partial charge in [0.15, 0.2) is 5.15 Å². The Bertz CT molecular complexity index is 385. The van der Waals surface area contributed by atoms with Crippen LogP contribution in [-0.2, 0) is 11.3 Å². The Kier molecular flexibility index (Phi) is 3.38. The van der Waals surface area contributed by atoms with E-state index in [2.05, 4.69) is 4.98 Å². The summed E-state index contributed by atoms with van der Waals surface area (Å²) in [6.45, 7) is 1.36. The molecule has 2 heterocycles. The first-order valence-electron chi connectivity index (χ1n) is 5.10. The maximum Gasteiger partial charge on any atom is 0.288 e. The molecule has 0 amide bonds. The fourth-order valence-electron chi connectivity index (χ4n) is 1.74. The zero-order chi connectivity index (χ0) is 10.7. The summed E-state index contributed by atoms with van der Waals surface area (Å²) in [7, 11) is 0. The molecule has 5 heteroatoms. The van der Waals surface area contributed by atoms with Crippen LogP contribution < -0.4 is 5.56 Å². The molecule has 0 bridgehead atoms. The number of ether oxygens (including phenoxy) is 1. The minimum absolute atomic E-state index is 0.0216. The summed E-state index contributed by atoms with van der Waals surface area (Å²) in [4.78, 5) is 15.3. The van der Waals surface area contributed by atoms with Crippen molar-refractivity contribution in [2.24, 2.45) is 0 Å². The van der Waals surface area contributed by atoms with Crippen LogP contribution in [0.1, 0.15) is 19.3 Å². The number of rotatable bonds is 2. The molecule has 0 saturated carbocycles. The predicted molar refractivity (Wildman–Crippen MR) is 57.1 cm³/mol. The maximum atomic E-state index is 11.6. The Hall–Kier alpha value is -0.870. The molecule has 82 valence electrons. The van der Waals surface area contributed by atoms with E-state index in [1.54, 1.807) is 10.8 Å². The first kappa shape index (κ1) is 10.6. The molecular formula is C10H13ClN2O2. The van der Waals surface area contributed by atoms with Crippen molar-refractivity contribution in [2.75, 3.05) is 6.61 Å². The van der Waals surface area contributed by atoms with Gasteiger partial charge in [0, 0.05) is 19.0 Å². The molecule has 0 radical (unpaired) electrons. The highest BCUT2D eigenvalue weighted by Gasteiger charge is 2.15. The second kappa shape index (κ2) is 4.77. The molecule has 0 aromatic carbocycles. The lowest BCUT2D eigenvalue weighted by Crippen LogP contribution is -2.30. The summed E-state index contributed by atoms with van der Waals surface area (Å²) in [5.41, 5.74) is -0.242. The molecule has 0 N–H and O–H groups in total. The van der Waals surface area contributed by atoms with Crippen LogP contribution in [0, 0.1) is 0 Å². The fraction of sp³-hybridized carbons (Fsp3) is 0.600. The van der Waals surface area contributed by atoms with Crippen molar-refractivity contribution in [1.82, 2.24) is 9.55 Å². The van der Waals surface area contributed by atoms with Crippen molar-refractivity contribution in [3.8, 4) is 0 Å². The summed E-state index contributed by atoms with van der Waals surface area (Å²) in [6.07, 6.45) is 6.60. The molecule has 1 fully saturated rings. The van der Waals surface area contributed by atoms with E-state index in [0.29, 0.717) is 6.54 Å². The van der Waals surface area contributed by atoms with Crippen LogP contribution in [0.25, 0.3) is 0 Å². The molecule has 1 unspecified atom stereocenters. The summed E-state index contributed by atoms with van der Waals surface area (Å²) in [6, 6.07) is 0. The van der Waals surface area contributed by atoms with E-state index in [-0.39, 0.29) is 16.8 Å². The highest BCUT2D eigenvalue weighted by Crippen LogP contribution is 2.13. The lowest BCUT2D eigenvalue weighted by atomic mass is 10.1. The quantitative estimate of drug-likeness (QED) is 0.770. The van der Waals surface area contributed by atoms with Gasteiger partial charge < -0.3 is 9.30 Å². The average molecular weight is 229 g/mol. The predicted octanol–water partition coefficient (Wildman–Crippen LogP) is 1.47. The molecule has 1 aromatic heterocycles. The lowest BCUT2D eigenvalue weighted by molar-refractivity contribution is 0.00539. The zero-order valence-electron chi connectivity index (χ0n) is 8.36. The van der Waals surface area contributed by atoms with Gasteiger partial charge in [-0.3, -0.25) is 4.79 Å². The van der Waals surface area contributed by atoms with E-state index in [0.717, 1.165) is 25.9 Å². The summed E-state index contributed by atoms with van der Waals surface area (Å²) in [5.74, 6) is 0. The van der Waals surface area contributed by atoms with Crippen LogP contribution in [0.15, 0.2) is 17.2 Å². The fourth-order valence-corrected chi connectivity index (χ4v) is 1.90. The molecule has 1 aliphatic rings. The Morgan fingerprint density at radius 2 is 2.47 bits per heavy atom. The van der Waals surface area contributed by atoms with Gasteiger partial charge in [-0.1, -0.05) is 11.6 Å². The number of nitrogens with zero attached hydrogens (tertiary/aromatic N) is 2. The number of aromatic nitrogens is 2. The van der Waals surface area contributed by atoms with Gasteiger partial charge in [0.05, 0.1) is 12.6 Å². The molecule has 4 nitrogen and oxygen atoms in total. The molecule has 2 rings (SSSR count). The third kappa shape index (κ3) is 2.58. The van der Waals surface area contributed by atoms with Crippen molar-refractivity contribution < 1.29 is 4.74 Å². The van der Waals surface area contributed by atoms with Crippen LogP contribution in [-0.4, -0.2) is 22.3 Å². The average Bonchev–Trinajstić information content (AvgIpc) is 2.26. The Morgan fingerprint density at radius 1 is 1.60 bits per heavy atom. The largest absolute Gasteiger partial charge is 0.376 e. The van der Waals surface area contributed by atoms with Gasteiger partial charge in [-0.25, -0.2) is 4.98 Å². The van der Waals surface area contributed by atoms with Crippen molar-refractivity contribution in [2.45, 2.75) is 31.9 Å². The highest BCUT2D eigenvalue weighted by atomic mass is 35.5. The zero-order valence-corrected chi connectivity index (χ0v) is 9.11. The Labute approximate surface area is 92.8 Å². The number of hydrogen-bond acceptors (Lipinski definition) is 3. The topological polar surface area (TPSA) is 44.1 Å². The highest BCUT2D eigenvalue weighted by molar-refractivity contribution is 6.29. The van der Waals surface area contributed by atoms with Gasteiger partial charge in [-0.2, -0.15) is 0 Å². The van der Waals surface area contributed by atoms with Gasteiger partial charge in [0.2, 0.25) is 0 Å². The molecular weight excluding hydrogens is 216 g/mol. The third-order valence-corrected chi connectivity index (χ3v) is 2.81. The van der Waals surface area contributed by atoms with E-state index in [1.165, 1.54) is 6.20 Å². The van der Waals surface area contributed by atoms with Gasteiger partial charge in [-0.05, 0) is 19.3 Å². The van der Waals surface area contributed by atoms with Gasteiger partial charge in [0.1, 0.15) is 0 Å². The summed E-state index contributed by atoms with van der Waals surface area (Å²) in [5, 5.41) is 0.0216. The lowest BCUT2D eigenvalue weighted by Gasteiger charge is -2.23. The van der Waals surface area contributed by atoms with Crippen LogP contribution in [0.5, 0.6) is 0 Å². The first-order valence-corrected chi connectivity index (χ1v) is 5.48. The third-order valence-electron chi connectivity index (χ3n) is 2.55. The Balaban J connectivity index is 2.09. The van der Waals surface area contributed by atoms with E-state index < -0.39 is 0 Å². The molecule has 1 saturated heterocycles. The monoisotopic (exact) mass is 228 g/mol. The van der Waals surface area contributed by atoms with E-state index in [9.17, 15) is 4.79 Å². The summed E-state index contributed by atoms with van der Waals surface area (Å²) >= 11 is 5.65. The molecule has 1 aromatic rings. The molecule has 1 atom stereocenters. The molecule has 0 spiro atoms. The van der Waals surface area contributed by atoms with Gasteiger partial charge in [0.25, 0.3) is 5.56 Å². The molecule has 15 heavy (non-hydrogen) atoms. The summed E-state index contributed by atoms with van der Waals surface area (Å²) < 4.78 is 7.11. The van der Waals surface area contributed by atoms with Crippen molar-refractivity contribution in [3.05, 3.63) is 27.9 Å². The Morgan fingerprint density at radius 3 is 3.20 bits per heavy atom. The van der Waals surface area contributed by atoms with E-state index >= 15 is 0 Å². The van der Waals surface area contributed by atoms with Crippen LogP contribution in [0.3, 0.4) is 0 Å². The second-order valence-electron chi connectivity index (χ2n) is 3.66. The minimum Gasteiger partial charge on any atom is -0.376 e. The standard InChI is InChI=1S/C10H13ClN2O2/c11-9-10(14)13(5-4-12-9)7-8-3-1-2-6-15-8/h4-5,8H,1-3,6-7H2. The smallest absolute Gasteiger partial charge is 0.288 e. The van der Waals surface area contributed by atoms with Crippen LogP contribution in [0.4, 0.5) is 0 Å². The van der Waals surface area contributed by atoms with Crippen molar-refractivity contribution in [1.29, 1.82) is 0 Å². The van der Waals surface area contributed by atoms with Gasteiger partial charge >= 0.3 is 0 Å². The molecule has 1 aliphatic heterocycles. The molecule has 0 aliphatic carbocycles.